The van der Waals surface area contributed by atoms with Gasteiger partial charge in [-0.2, -0.15) is 0 Å². The van der Waals surface area contributed by atoms with E-state index in [1.807, 2.05) is 0 Å². The summed E-state index contributed by atoms with van der Waals surface area (Å²) in [5.74, 6) is 0. The van der Waals surface area contributed by atoms with Crippen LogP contribution in [0.2, 0.25) is 3.54 Å². The normalized spacial score (nSPS) is 11.1. The van der Waals surface area contributed by atoms with Crippen LogP contribution >= 0.6 is 18.9 Å². The maximum absolute atomic E-state index is 2.64. The molecule has 0 saturated heterocycles. The summed E-state index contributed by atoms with van der Waals surface area (Å²) < 4.78 is 0.792. The van der Waals surface area contributed by atoms with Gasteiger partial charge in [-0.15, -0.1) is 3.54 Å². The Morgan fingerprint density at radius 2 is 1.44 bits per heavy atom. The van der Waals surface area contributed by atoms with Crippen LogP contribution in [0.15, 0.2) is 0 Å². The zero-order chi connectivity index (χ0) is 7.33. The van der Waals surface area contributed by atoms with Gasteiger partial charge in [0.25, 0.3) is 0 Å². The van der Waals surface area contributed by atoms with Gasteiger partial charge in [0.2, 0.25) is 0 Å². The molecule has 9 heavy (non-hydrogen) atoms. The predicted molar refractivity (Wildman–Crippen MR) is 53.3 cm³/mol. The maximum Gasteiger partial charge on any atom is 0.470 e. The van der Waals surface area contributed by atoms with Crippen molar-refractivity contribution >= 4 is 35.3 Å². The fourth-order valence-corrected chi connectivity index (χ4v) is 6.45. The van der Waals surface area contributed by atoms with E-state index >= 15 is 0 Å². The van der Waals surface area contributed by atoms with Crippen molar-refractivity contribution in [3.63, 3.8) is 0 Å². The van der Waals surface area contributed by atoms with E-state index in [2.05, 4.69) is 39.6 Å². The average Bonchev–Trinajstić information content (AvgIpc) is 1.95. The largest absolute Gasteiger partial charge is 0.470 e. The van der Waals surface area contributed by atoms with Crippen molar-refractivity contribution in [1.29, 1.82) is 0 Å². The maximum atomic E-state index is 2.64. The van der Waals surface area contributed by atoms with Crippen molar-refractivity contribution in [3.8, 4) is 0 Å². The van der Waals surface area contributed by atoms with Crippen LogP contribution in [-0.4, -0.2) is 16.5 Å². The molecule has 0 radical (unpaired) electrons. The van der Waals surface area contributed by atoms with Crippen LogP contribution in [0.4, 0.5) is 0 Å². The third kappa shape index (κ3) is 2.93. The summed E-state index contributed by atoms with van der Waals surface area (Å²) in [6.45, 7) is 7.00. The Kier molecular flexibility index (Phi) is 6.05. The molecular weight excluding hydrogens is 235 g/mol. The molecule has 0 aliphatic heterocycles. The van der Waals surface area contributed by atoms with Gasteiger partial charge in [0.05, 0.1) is 0 Å². The molecule has 0 unspecified atom stereocenters. The molecule has 0 rings (SSSR count). The Morgan fingerprint density at radius 1 is 1.11 bits per heavy atom. The number of rotatable bonds is 4. The minimum atomic E-state index is 0.191. The molecule has 0 fully saturated rings. The molecule has 0 saturated carbocycles. The zero-order valence-electron chi connectivity index (χ0n) is 6.71. The molecule has 52 valence electrons. The van der Waals surface area contributed by atoms with E-state index in [1.54, 1.807) is 0 Å². The highest BCUT2D eigenvalue weighted by Crippen LogP contribution is 2.38. The van der Waals surface area contributed by atoms with Crippen molar-refractivity contribution in [2.75, 3.05) is 0 Å². The Bertz CT molecular complexity index is 51.8. The lowest BCUT2D eigenvalue weighted by molar-refractivity contribution is 0.503. The van der Waals surface area contributed by atoms with Gasteiger partial charge in [-0.1, -0.05) is 40.0 Å². The second kappa shape index (κ2) is 5.19. The summed E-state index contributed by atoms with van der Waals surface area (Å²) in [7, 11) is 0. The van der Waals surface area contributed by atoms with Crippen LogP contribution in [0.1, 0.15) is 40.0 Å². The van der Waals surface area contributed by atoms with Gasteiger partial charge in [0.1, 0.15) is 0 Å². The molecular formula is C7H15IMg. The number of hydrogen-bond donors (Lipinski definition) is 0. The summed E-state index contributed by atoms with van der Waals surface area (Å²) in [6, 6.07) is 0. The second-order valence-electron chi connectivity index (χ2n) is 2.69. The van der Waals surface area contributed by atoms with Crippen LogP contribution < -0.4 is 0 Å². The van der Waals surface area contributed by atoms with Gasteiger partial charge in [-0.25, -0.2) is 0 Å². The molecule has 0 aromatic heterocycles. The van der Waals surface area contributed by atoms with Gasteiger partial charge in [0.15, 0.2) is 0 Å². The summed E-state index contributed by atoms with van der Waals surface area (Å²) in [5, 5.41) is 0. The highest BCUT2D eigenvalue weighted by Gasteiger charge is 2.24. The lowest BCUT2D eigenvalue weighted by Gasteiger charge is -2.27. The Hall–Kier alpha value is 1.50. The van der Waals surface area contributed by atoms with Gasteiger partial charge in [-0.3, -0.25) is 0 Å². The van der Waals surface area contributed by atoms with Gasteiger partial charge < -0.3 is 18.9 Å². The molecule has 0 aromatic rings. The highest BCUT2D eigenvalue weighted by atomic mass is 127. The molecule has 0 spiro atoms. The number of halogens is 1. The summed E-state index contributed by atoms with van der Waals surface area (Å²) in [4.78, 5) is 0. The Labute approximate surface area is 78.3 Å². The fraction of sp³-hybridized carbons (Fsp3) is 1.00. The van der Waals surface area contributed by atoms with E-state index in [9.17, 15) is 0 Å². The standard InChI is InChI=1S/C7H15.HI.Mg/c1-4-7(5-2)6-3;;/h4-6H2,1-3H3;1H;/q;;+1/p-1. The molecule has 0 heterocycles. The predicted octanol–water partition coefficient (Wildman–Crippen LogP) is 3.43. The average molecular weight is 250 g/mol. The molecule has 0 bridgehead atoms. The van der Waals surface area contributed by atoms with Gasteiger partial charge in [0, 0.05) is 0 Å². The van der Waals surface area contributed by atoms with E-state index in [-0.39, 0.29) is 16.5 Å². The smallest absolute Gasteiger partial charge is 0.300 e. The van der Waals surface area contributed by atoms with Crippen molar-refractivity contribution < 1.29 is 0 Å². The topological polar surface area (TPSA) is 0 Å². The minimum Gasteiger partial charge on any atom is -0.300 e. The monoisotopic (exact) mass is 250 g/mol. The summed E-state index contributed by atoms with van der Waals surface area (Å²) >= 11 is 2.83. The molecule has 0 nitrogen and oxygen atoms in total. The zero-order valence-corrected chi connectivity index (χ0v) is 10.3. The highest BCUT2D eigenvalue weighted by molar-refractivity contribution is 14.1. The third-order valence-corrected chi connectivity index (χ3v) is 9.45. The second-order valence-corrected chi connectivity index (χ2v) is 6.75. The molecule has 0 aliphatic rings. The summed E-state index contributed by atoms with van der Waals surface area (Å²) in [5.41, 5.74) is 0. The van der Waals surface area contributed by atoms with Crippen LogP contribution in [0.3, 0.4) is 0 Å². The van der Waals surface area contributed by atoms with Crippen molar-refractivity contribution in [3.05, 3.63) is 0 Å². The minimum absolute atomic E-state index is 0.191. The van der Waals surface area contributed by atoms with E-state index in [0.717, 1.165) is 3.54 Å². The molecule has 2 heteroatoms. The van der Waals surface area contributed by atoms with Crippen LogP contribution in [-0.2, 0) is 0 Å². The molecule has 0 aromatic carbocycles. The van der Waals surface area contributed by atoms with Gasteiger partial charge >= 0.3 is 16.5 Å². The van der Waals surface area contributed by atoms with E-state index < -0.39 is 0 Å². The van der Waals surface area contributed by atoms with Crippen LogP contribution in [0.25, 0.3) is 0 Å². The lowest BCUT2D eigenvalue weighted by Crippen LogP contribution is -2.13. The van der Waals surface area contributed by atoms with Gasteiger partial charge in [-0.05, 0) is 0 Å². The SMILES string of the molecule is CC[C](CC)(CC)[Mg][I]. The van der Waals surface area contributed by atoms with E-state index in [0.29, 0.717) is 0 Å². The third-order valence-electron chi connectivity index (χ3n) is 2.53. The molecule has 0 amide bonds. The Morgan fingerprint density at radius 3 is 1.44 bits per heavy atom. The van der Waals surface area contributed by atoms with E-state index in [4.69, 9.17) is 0 Å². The first-order valence-electron chi connectivity index (χ1n) is 3.80. The van der Waals surface area contributed by atoms with Crippen molar-refractivity contribution in [1.82, 2.24) is 0 Å². The summed E-state index contributed by atoms with van der Waals surface area (Å²) in [6.07, 6.45) is 4.19. The number of hydrogen-bond acceptors (Lipinski definition) is 0. The fourth-order valence-electron chi connectivity index (χ4n) is 1.03. The van der Waals surface area contributed by atoms with Crippen molar-refractivity contribution in [2.24, 2.45) is 0 Å². The van der Waals surface area contributed by atoms with Crippen LogP contribution in [0.5, 0.6) is 0 Å². The molecule has 0 atom stereocenters. The van der Waals surface area contributed by atoms with Crippen LogP contribution in [0, 0.1) is 0 Å². The first kappa shape index (κ1) is 10.5. The first-order valence-corrected chi connectivity index (χ1v) is 9.62. The van der Waals surface area contributed by atoms with E-state index in [1.165, 1.54) is 19.3 Å². The lowest BCUT2D eigenvalue weighted by atomic mass is 9.99. The molecule has 0 aliphatic carbocycles. The Balaban J connectivity index is 3.82. The molecule has 0 N–H and O–H groups in total. The quantitative estimate of drug-likeness (QED) is 0.530. The first-order chi connectivity index (χ1) is 4.24. The van der Waals surface area contributed by atoms with Crippen molar-refractivity contribution in [2.45, 2.75) is 43.6 Å².